The molecule has 31 heavy (non-hydrogen) atoms. The van der Waals surface area contributed by atoms with E-state index in [9.17, 15) is 28.8 Å². The highest BCUT2D eigenvalue weighted by Gasteiger charge is 2.06. The van der Waals surface area contributed by atoms with Crippen LogP contribution in [0.25, 0.3) is 0 Å². The topological polar surface area (TPSA) is 175 Å². The fraction of sp³-hybridized carbons (Fsp3) is 0.647. The Bertz CT molecular complexity index is 541. The third kappa shape index (κ3) is 23.7. The molecule has 0 aromatic carbocycles. The first kappa shape index (κ1) is 33.2. The van der Waals surface area contributed by atoms with Crippen LogP contribution in [-0.4, -0.2) is 99.7 Å². The second kappa shape index (κ2) is 22.2. The van der Waals surface area contributed by atoms with Crippen molar-refractivity contribution in [3.8, 4) is 0 Å². The summed E-state index contributed by atoms with van der Waals surface area (Å²) >= 11 is 2.40. The number of amides is 6. The Hall–Kier alpha value is -2.48. The van der Waals surface area contributed by atoms with Crippen LogP contribution in [-0.2, 0) is 28.8 Å². The van der Waals surface area contributed by atoms with Crippen LogP contribution in [0.3, 0.4) is 0 Å². The molecule has 0 aromatic rings. The van der Waals surface area contributed by atoms with E-state index in [0.717, 1.165) is 0 Å². The van der Waals surface area contributed by atoms with Gasteiger partial charge in [0.15, 0.2) is 0 Å². The first-order valence-electron chi connectivity index (χ1n) is 8.71. The highest BCUT2D eigenvalue weighted by atomic mass is 32.2. The molecule has 0 saturated carbocycles. The fourth-order valence-corrected chi connectivity index (χ4v) is 2.69. The van der Waals surface area contributed by atoms with E-state index < -0.39 is 0 Å². The van der Waals surface area contributed by atoms with Gasteiger partial charge in [0, 0.05) is 28.2 Å². The molecule has 0 aliphatic heterocycles. The minimum Gasteiger partial charge on any atom is -0.358 e. The van der Waals surface area contributed by atoms with Crippen LogP contribution < -0.4 is 31.9 Å². The van der Waals surface area contributed by atoms with Crippen molar-refractivity contribution in [3.05, 3.63) is 0 Å². The molecule has 0 rings (SSSR count). The molecule has 0 fully saturated rings. The smallest absolute Gasteiger partial charge is 0.239 e. The molecule has 0 aliphatic carbocycles. The summed E-state index contributed by atoms with van der Waals surface area (Å²) in [7, 11) is 6.06. The summed E-state index contributed by atoms with van der Waals surface area (Å²) in [4.78, 5) is 65.2. The Labute approximate surface area is 191 Å². The molecular formula is C17H34N6O6S2. The van der Waals surface area contributed by atoms with Gasteiger partial charge in [0.2, 0.25) is 35.4 Å². The van der Waals surface area contributed by atoms with Crippen molar-refractivity contribution in [2.45, 2.75) is 7.43 Å². The van der Waals surface area contributed by atoms with Gasteiger partial charge in [0.25, 0.3) is 0 Å². The predicted molar refractivity (Wildman–Crippen MR) is 124 cm³/mol. The quantitative estimate of drug-likeness (QED) is 0.174. The van der Waals surface area contributed by atoms with Crippen molar-refractivity contribution in [2.75, 3.05) is 64.3 Å². The summed E-state index contributed by atoms with van der Waals surface area (Å²) in [5.74, 6) is -0.444. The average Bonchev–Trinajstić information content (AvgIpc) is 2.75. The summed E-state index contributed by atoms with van der Waals surface area (Å²) in [6.07, 6.45) is 0. The van der Waals surface area contributed by atoms with E-state index in [1.54, 1.807) is 0 Å². The van der Waals surface area contributed by atoms with E-state index in [1.165, 1.54) is 51.7 Å². The van der Waals surface area contributed by atoms with Gasteiger partial charge in [0.05, 0.1) is 36.1 Å². The third-order valence-electron chi connectivity index (χ3n) is 2.94. The van der Waals surface area contributed by atoms with Gasteiger partial charge < -0.3 is 31.9 Å². The molecular weight excluding hydrogens is 448 g/mol. The first-order valence-corrected chi connectivity index (χ1v) is 11.0. The molecule has 0 heterocycles. The largest absolute Gasteiger partial charge is 0.358 e. The molecule has 180 valence electrons. The van der Waals surface area contributed by atoms with Crippen molar-refractivity contribution < 1.29 is 28.8 Å². The van der Waals surface area contributed by atoms with Crippen LogP contribution in [0, 0.1) is 0 Å². The Balaban J connectivity index is -0.000000490. The molecule has 12 nitrogen and oxygen atoms in total. The number of thioether (sulfide) groups is 2. The predicted octanol–water partition coefficient (Wildman–Crippen LogP) is -2.71. The van der Waals surface area contributed by atoms with Crippen LogP contribution in [0.2, 0.25) is 0 Å². The molecule has 0 unspecified atom stereocenters. The lowest BCUT2D eigenvalue weighted by atomic mass is 10.5. The SMILES string of the molecule is C.CNC(=O)CNC(=O)CSCC(=O)NC.CNC(=O)CNC(=O)CSCC(=O)NC. The second-order valence-electron chi connectivity index (χ2n) is 5.23. The number of rotatable bonds is 12. The summed E-state index contributed by atoms with van der Waals surface area (Å²) < 4.78 is 0. The van der Waals surface area contributed by atoms with Crippen LogP contribution >= 0.6 is 23.5 Å². The Morgan fingerprint density at radius 2 is 0.742 bits per heavy atom. The van der Waals surface area contributed by atoms with Crippen molar-refractivity contribution >= 4 is 59.0 Å². The number of carbonyl (C=O) groups excluding carboxylic acids is 6. The van der Waals surface area contributed by atoms with Gasteiger partial charge in [-0.3, -0.25) is 28.8 Å². The Kier molecular flexibility index (Phi) is 23.8. The maximum absolute atomic E-state index is 11.1. The Morgan fingerprint density at radius 3 is 1.00 bits per heavy atom. The lowest BCUT2D eigenvalue weighted by Gasteiger charge is -2.03. The van der Waals surface area contributed by atoms with Crippen LogP contribution in [0.4, 0.5) is 0 Å². The number of likely N-dealkylation sites (N-methyl/N-ethyl adjacent to an activating group) is 2. The summed E-state index contributed by atoms with van der Waals surface area (Å²) in [5.41, 5.74) is 0. The molecule has 14 heteroatoms. The zero-order chi connectivity index (χ0) is 23.4. The zero-order valence-electron chi connectivity index (χ0n) is 17.5. The van der Waals surface area contributed by atoms with E-state index in [4.69, 9.17) is 0 Å². The van der Waals surface area contributed by atoms with Gasteiger partial charge in [-0.2, -0.15) is 0 Å². The Morgan fingerprint density at radius 1 is 0.484 bits per heavy atom. The van der Waals surface area contributed by atoms with E-state index in [0.29, 0.717) is 0 Å². The van der Waals surface area contributed by atoms with Crippen molar-refractivity contribution in [1.82, 2.24) is 31.9 Å². The lowest BCUT2D eigenvalue weighted by molar-refractivity contribution is -0.124. The molecule has 0 radical (unpaired) electrons. The molecule has 6 amide bonds. The van der Waals surface area contributed by atoms with E-state index in [1.807, 2.05) is 0 Å². The number of hydrogen-bond donors (Lipinski definition) is 6. The molecule has 0 saturated heterocycles. The van der Waals surface area contributed by atoms with Gasteiger partial charge in [-0.25, -0.2) is 0 Å². The number of nitrogens with one attached hydrogen (secondary N) is 6. The molecule has 6 N–H and O–H groups in total. The van der Waals surface area contributed by atoms with Crippen molar-refractivity contribution in [3.63, 3.8) is 0 Å². The van der Waals surface area contributed by atoms with E-state index in [-0.39, 0.29) is 79.0 Å². The third-order valence-corrected chi connectivity index (χ3v) is 4.81. The van der Waals surface area contributed by atoms with Crippen molar-refractivity contribution in [2.24, 2.45) is 0 Å². The summed E-state index contributed by atoms with van der Waals surface area (Å²) in [6, 6.07) is 0. The minimum atomic E-state index is -0.257. The summed E-state index contributed by atoms with van der Waals surface area (Å²) in [5, 5.41) is 14.5. The van der Waals surface area contributed by atoms with Crippen molar-refractivity contribution in [1.29, 1.82) is 0 Å². The summed E-state index contributed by atoms with van der Waals surface area (Å²) in [6.45, 7) is -0.0638. The highest BCUT2D eigenvalue weighted by Crippen LogP contribution is 1.98. The number of hydrogen-bond acceptors (Lipinski definition) is 8. The van der Waals surface area contributed by atoms with Gasteiger partial charge >= 0.3 is 0 Å². The molecule has 0 bridgehead atoms. The van der Waals surface area contributed by atoms with Gasteiger partial charge in [0.1, 0.15) is 0 Å². The maximum atomic E-state index is 11.1. The standard InChI is InChI=1S/2C8H15N3O3S.CH4/c2*1-9-6(12)3-11-8(14)5-15-4-7(13)10-2;/h2*3-5H2,1-2H3,(H,9,12)(H,10,13)(H,11,14);1H4. The maximum Gasteiger partial charge on any atom is 0.239 e. The van der Waals surface area contributed by atoms with Crippen LogP contribution in [0.1, 0.15) is 7.43 Å². The molecule has 0 atom stereocenters. The highest BCUT2D eigenvalue weighted by molar-refractivity contribution is 8.00. The van der Waals surface area contributed by atoms with Crippen LogP contribution in [0.5, 0.6) is 0 Å². The fourth-order valence-electron chi connectivity index (χ4n) is 1.25. The second-order valence-corrected chi connectivity index (χ2v) is 7.20. The van der Waals surface area contributed by atoms with Crippen LogP contribution in [0.15, 0.2) is 0 Å². The molecule has 0 aliphatic rings. The normalized spacial score (nSPS) is 8.90. The minimum absolute atomic E-state index is 0. The molecule has 0 spiro atoms. The average molecular weight is 483 g/mol. The molecule has 0 aromatic heterocycles. The zero-order valence-corrected chi connectivity index (χ0v) is 19.1. The van der Waals surface area contributed by atoms with E-state index >= 15 is 0 Å². The monoisotopic (exact) mass is 482 g/mol. The first-order chi connectivity index (χ1) is 14.2. The van der Waals surface area contributed by atoms with Gasteiger partial charge in [-0.1, -0.05) is 7.43 Å². The van der Waals surface area contributed by atoms with Gasteiger partial charge in [-0.05, 0) is 0 Å². The van der Waals surface area contributed by atoms with E-state index in [2.05, 4.69) is 31.9 Å². The number of carbonyl (C=O) groups is 6. The van der Waals surface area contributed by atoms with Gasteiger partial charge in [-0.15, -0.1) is 23.5 Å². The lowest BCUT2D eigenvalue weighted by Crippen LogP contribution is -2.36.